The Morgan fingerprint density at radius 2 is 1.94 bits per heavy atom. The maximum Gasteiger partial charge on any atom is 0.133 e. The van der Waals surface area contributed by atoms with Crippen LogP contribution in [0.5, 0.6) is 0 Å². The average Bonchev–Trinajstić information content (AvgIpc) is 2.41. The highest BCUT2D eigenvalue weighted by atomic mass is 32.1. The molecule has 0 atom stereocenters. The Balaban J connectivity index is 2.78. The van der Waals surface area contributed by atoms with Crippen LogP contribution in [-0.4, -0.2) is 10.4 Å². The molecule has 0 aliphatic heterocycles. The molecule has 0 saturated carbocycles. The molecule has 92 valence electrons. The molecule has 0 fully saturated rings. The zero-order chi connectivity index (χ0) is 13.1. The molecule has 0 aliphatic carbocycles. The summed E-state index contributed by atoms with van der Waals surface area (Å²) in [6, 6.07) is 5.49. The minimum absolute atomic E-state index is 0.0780. The average molecular weight is 264 g/mol. The van der Waals surface area contributed by atoms with Crippen molar-refractivity contribution in [2.75, 3.05) is 0 Å². The van der Waals surface area contributed by atoms with Gasteiger partial charge in [0, 0.05) is 34.8 Å². The van der Waals surface area contributed by atoms with Gasteiger partial charge in [-0.3, -0.25) is 4.98 Å². The van der Waals surface area contributed by atoms with E-state index in [9.17, 15) is 8.78 Å². The molecule has 2 aromatic rings. The van der Waals surface area contributed by atoms with Crippen molar-refractivity contribution in [2.24, 2.45) is 5.73 Å². The van der Waals surface area contributed by atoms with E-state index in [1.807, 2.05) is 0 Å². The van der Waals surface area contributed by atoms with Gasteiger partial charge in [0.25, 0.3) is 0 Å². The molecule has 2 N–H and O–H groups in total. The molecule has 0 unspecified atom stereocenters. The molecule has 0 spiro atoms. The Morgan fingerprint density at radius 1 is 1.22 bits per heavy atom. The fourth-order valence-corrected chi connectivity index (χ4v) is 1.96. The number of nitrogens with two attached hydrogens (primary N) is 1. The fourth-order valence-electron chi connectivity index (χ4n) is 1.77. The molecule has 2 nitrogen and oxygen atoms in total. The van der Waals surface area contributed by atoms with E-state index in [-0.39, 0.29) is 17.7 Å². The predicted octanol–water partition coefficient (Wildman–Crippen LogP) is 2.83. The lowest BCUT2D eigenvalue weighted by molar-refractivity contribution is 0.588. The summed E-state index contributed by atoms with van der Waals surface area (Å²) >= 11 is 4.85. The maximum atomic E-state index is 13.9. The number of aromatic nitrogens is 1. The van der Waals surface area contributed by atoms with E-state index in [1.54, 1.807) is 12.1 Å². The predicted molar refractivity (Wildman–Crippen MR) is 70.2 cm³/mol. The number of halogens is 2. The first-order valence-electron chi connectivity index (χ1n) is 5.26. The molecule has 0 amide bonds. The van der Waals surface area contributed by atoms with Crippen molar-refractivity contribution >= 4 is 17.6 Å². The number of rotatable bonds is 3. The zero-order valence-electron chi connectivity index (χ0n) is 9.36. The van der Waals surface area contributed by atoms with Gasteiger partial charge in [-0.1, -0.05) is 18.3 Å². The highest BCUT2D eigenvalue weighted by Gasteiger charge is 2.17. The highest BCUT2D eigenvalue weighted by molar-refractivity contribution is 7.79. The summed E-state index contributed by atoms with van der Waals surface area (Å²) in [4.78, 5) is 4.07. The number of nitrogens with zero attached hydrogens (tertiary/aromatic N) is 1. The first kappa shape index (κ1) is 12.7. The van der Waals surface area contributed by atoms with E-state index in [0.717, 1.165) is 12.1 Å². The van der Waals surface area contributed by atoms with Crippen LogP contribution in [0.4, 0.5) is 8.78 Å². The van der Waals surface area contributed by atoms with Crippen LogP contribution in [-0.2, 0) is 6.54 Å². The second kappa shape index (κ2) is 5.29. The minimum Gasteiger partial charge on any atom is -0.326 e. The Labute approximate surface area is 108 Å². The number of hydrogen-bond donors (Lipinski definition) is 1. The SMILES string of the molecule is NCc1c(F)ccc(F)c1-c1ncccc1C=S. The Kier molecular flexibility index (Phi) is 3.74. The van der Waals surface area contributed by atoms with Gasteiger partial charge in [0.05, 0.1) is 5.69 Å². The smallest absolute Gasteiger partial charge is 0.133 e. The lowest BCUT2D eigenvalue weighted by atomic mass is 9.99. The molecule has 0 bridgehead atoms. The van der Waals surface area contributed by atoms with Crippen molar-refractivity contribution in [3.63, 3.8) is 0 Å². The van der Waals surface area contributed by atoms with E-state index >= 15 is 0 Å². The molecule has 2 rings (SSSR count). The van der Waals surface area contributed by atoms with Gasteiger partial charge in [0.2, 0.25) is 0 Å². The van der Waals surface area contributed by atoms with Crippen LogP contribution in [0.1, 0.15) is 11.1 Å². The summed E-state index contributed by atoms with van der Waals surface area (Å²) in [6.07, 6.45) is 1.50. The van der Waals surface area contributed by atoms with Crippen molar-refractivity contribution < 1.29 is 8.78 Å². The number of thiocarbonyl (C=S) groups is 1. The molecule has 0 saturated heterocycles. The van der Waals surface area contributed by atoms with E-state index in [0.29, 0.717) is 11.3 Å². The van der Waals surface area contributed by atoms with Crippen LogP contribution in [0, 0.1) is 11.6 Å². The van der Waals surface area contributed by atoms with Gasteiger partial charge in [-0.25, -0.2) is 8.78 Å². The van der Waals surface area contributed by atoms with Gasteiger partial charge in [-0.15, -0.1) is 0 Å². The van der Waals surface area contributed by atoms with Gasteiger partial charge in [-0.05, 0) is 18.2 Å². The largest absolute Gasteiger partial charge is 0.326 e. The maximum absolute atomic E-state index is 13.9. The lowest BCUT2D eigenvalue weighted by Gasteiger charge is -2.11. The highest BCUT2D eigenvalue weighted by Crippen LogP contribution is 2.29. The third kappa shape index (κ3) is 2.14. The van der Waals surface area contributed by atoms with Crippen LogP contribution < -0.4 is 5.73 Å². The molecule has 1 aromatic carbocycles. The third-order valence-electron chi connectivity index (χ3n) is 2.61. The first-order valence-corrected chi connectivity index (χ1v) is 5.73. The first-order chi connectivity index (χ1) is 8.69. The van der Waals surface area contributed by atoms with Crippen LogP contribution in [0.3, 0.4) is 0 Å². The van der Waals surface area contributed by atoms with Crippen molar-refractivity contribution in [1.29, 1.82) is 0 Å². The third-order valence-corrected chi connectivity index (χ3v) is 2.87. The normalized spacial score (nSPS) is 10.4. The number of benzene rings is 1. The Morgan fingerprint density at radius 3 is 2.61 bits per heavy atom. The molecule has 1 aromatic heterocycles. The topological polar surface area (TPSA) is 38.9 Å². The molecule has 5 heteroatoms. The molecular weight excluding hydrogens is 254 g/mol. The standard InChI is InChI=1S/C13H10F2N2S/c14-10-3-4-11(15)12(9(10)6-16)13-8(7-18)2-1-5-17-13/h1-5,7H,6,16H2. The molecule has 0 radical (unpaired) electrons. The zero-order valence-corrected chi connectivity index (χ0v) is 10.2. The summed E-state index contributed by atoms with van der Waals surface area (Å²) in [5.74, 6) is -1.11. The van der Waals surface area contributed by atoms with Crippen LogP contribution >= 0.6 is 12.2 Å². The van der Waals surface area contributed by atoms with Crippen molar-refractivity contribution in [3.05, 3.63) is 53.2 Å². The van der Waals surface area contributed by atoms with Crippen LogP contribution in [0.25, 0.3) is 11.3 Å². The molecular formula is C13H10F2N2S. The lowest BCUT2D eigenvalue weighted by Crippen LogP contribution is -2.06. The van der Waals surface area contributed by atoms with Crippen molar-refractivity contribution in [3.8, 4) is 11.3 Å². The number of hydrogen-bond acceptors (Lipinski definition) is 3. The van der Waals surface area contributed by atoms with Gasteiger partial charge in [-0.2, -0.15) is 0 Å². The van der Waals surface area contributed by atoms with E-state index in [1.165, 1.54) is 11.6 Å². The Hall–Kier alpha value is -1.72. The molecule has 1 heterocycles. The van der Waals surface area contributed by atoms with Gasteiger partial charge < -0.3 is 5.73 Å². The van der Waals surface area contributed by atoms with Crippen molar-refractivity contribution in [2.45, 2.75) is 6.54 Å². The van der Waals surface area contributed by atoms with Crippen LogP contribution in [0.15, 0.2) is 30.5 Å². The second-order valence-corrected chi connectivity index (χ2v) is 3.88. The molecule has 0 aliphatic rings. The number of pyridine rings is 1. The monoisotopic (exact) mass is 264 g/mol. The van der Waals surface area contributed by atoms with Gasteiger partial charge in [0.15, 0.2) is 0 Å². The second-order valence-electron chi connectivity index (χ2n) is 3.65. The summed E-state index contributed by atoms with van der Waals surface area (Å²) in [7, 11) is 0. The van der Waals surface area contributed by atoms with Crippen molar-refractivity contribution in [1.82, 2.24) is 4.98 Å². The van der Waals surface area contributed by atoms with Gasteiger partial charge in [0.1, 0.15) is 11.6 Å². The van der Waals surface area contributed by atoms with Gasteiger partial charge >= 0.3 is 0 Å². The summed E-state index contributed by atoms with van der Waals surface area (Å²) in [6.45, 7) is -0.105. The molecule has 18 heavy (non-hydrogen) atoms. The summed E-state index contributed by atoms with van der Waals surface area (Å²) in [5.41, 5.74) is 6.53. The summed E-state index contributed by atoms with van der Waals surface area (Å²) in [5, 5.41) is 1.38. The minimum atomic E-state index is -0.561. The van der Waals surface area contributed by atoms with E-state index in [2.05, 4.69) is 4.98 Å². The van der Waals surface area contributed by atoms with E-state index < -0.39 is 11.6 Å². The quantitative estimate of drug-likeness (QED) is 0.866. The van der Waals surface area contributed by atoms with E-state index in [4.69, 9.17) is 18.0 Å². The fraction of sp³-hybridized carbons (Fsp3) is 0.0769. The Bertz CT molecular complexity index is 600. The van der Waals surface area contributed by atoms with Crippen LogP contribution in [0.2, 0.25) is 0 Å². The summed E-state index contributed by atoms with van der Waals surface area (Å²) < 4.78 is 27.6.